The second kappa shape index (κ2) is 7.03. The molecule has 0 spiro atoms. The number of nitrogens with zero attached hydrogens (tertiary/aromatic N) is 3. The number of carbonyl (C=O) groups excluding carboxylic acids is 1. The van der Waals surface area contributed by atoms with Crippen molar-refractivity contribution < 1.29 is 9.53 Å². The van der Waals surface area contributed by atoms with Gasteiger partial charge >= 0.3 is 0 Å². The Morgan fingerprint density at radius 1 is 1.35 bits per heavy atom. The third-order valence-corrected chi connectivity index (χ3v) is 4.38. The summed E-state index contributed by atoms with van der Waals surface area (Å²) in [6.45, 7) is 0.525. The molecule has 1 aliphatic carbocycles. The van der Waals surface area contributed by atoms with Crippen LogP contribution >= 0.6 is 0 Å². The van der Waals surface area contributed by atoms with Crippen molar-refractivity contribution in [3.05, 3.63) is 42.9 Å². The highest BCUT2D eigenvalue weighted by Gasteiger charge is 2.23. The largest absolute Gasteiger partial charge is 0.496 e. The van der Waals surface area contributed by atoms with Crippen LogP contribution in [0.4, 0.5) is 5.82 Å². The van der Waals surface area contributed by atoms with E-state index in [1.165, 1.54) is 0 Å². The molecule has 2 heterocycles. The minimum absolute atomic E-state index is 0.0781. The van der Waals surface area contributed by atoms with E-state index in [-0.39, 0.29) is 5.91 Å². The van der Waals surface area contributed by atoms with Crippen LogP contribution in [-0.2, 0) is 4.79 Å². The van der Waals surface area contributed by atoms with Crippen LogP contribution in [0.15, 0.2) is 42.9 Å². The number of carbonyl (C=O) groups is 1. The molecule has 7 heteroatoms. The van der Waals surface area contributed by atoms with Crippen molar-refractivity contribution in [2.45, 2.75) is 25.3 Å². The van der Waals surface area contributed by atoms with Crippen molar-refractivity contribution in [1.82, 2.24) is 19.7 Å². The van der Waals surface area contributed by atoms with Crippen LogP contribution in [0.5, 0.6) is 5.75 Å². The SMILES string of the molecule is COc1ccccc1-c1nc2cnccn2c1NCCC(=O)NC1CC1. The highest BCUT2D eigenvalue weighted by Crippen LogP contribution is 2.34. The lowest BCUT2D eigenvalue weighted by Gasteiger charge is -2.11. The number of rotatable bonds is 7. The zero-order valence-electron chi connectivity index (χ0n) is 14.6. The minimum atomic E-state index is 0.0781. The minimum Gasteiger partial charge on any atom is -0.496 e. The Morgan fingerprint density at radius 2 is 2.19 bits per heavy atom. The van der Waals surface area contributed by atoms with Crippen LogP contribution in [0.1, 0.15) is 19.3 Å². The van der Waals surface area contributed by atoms with Gasteiger partial charge in [-0.2, -0.15) is 0 Å². The number of hydrogen-bond donors (Lipinski definition) is 2. The van der Waals surface area contributed by atoms with E-state index >= 15 is 0 Å². The molecular formula is C19H21N5O2. The lowest BCUT2D eigenvalue weighted by atomic mass is 10.1. The van der Waals surface area contributed by atoms with Crippen molar-refractivity contribution in [2.75, 3.05) is 19.0 Å². The molecule has 0 saturated heterocycles. The molecule has 7 nitrogen and oxygen atoms in total. The van der Waals surface area contributed by atoms with E-state index < -0.39 is 0 Å². The molecule has 1 saturated carbocycles. The number of aromatic nitrogens is 3. The van der Waals surface area contributed by atoms with Gasteiger partial charge in [0.05, 0.1) is 13.3 Å². The van der Waals surface area contributed by atoms with Gasteiger partial charge in [-0.25, -0.2) is 4.98 Å². The number of methoxy groups -OCH3 is 1. The van der Waals surface area contributed by atoms with Crippen molar-refractivity contribution in [3.8, 4) is 17.0 Å². The van der Waals surface area contributed by atoms with Gasteiger partial charge in [0.15, 0.2) is 5.65 Å². The van der Waals surface area contributed by atoms with Gasteiger partial charge in [-0.05, 0) is 25.0 Å². The summed E-state index contributed by atoms with van der Waals surface area (Å²) in [5.74, 6) is 1.65. The number of para-hydroxylation sites is 1. The Balaban J connectivity index is 1.62. The van der Waals surface area contributed by atoms with Gasteiger partial charge in [0, 0.05) is 37.0 Å². The molecule has 1 aliphatic rings. The van der Waals surface area contributed by atoms with Crippen LogP contribution in [0.2, 0.25) is 0 Å². The van der Waals surface area contributed by atoms with Crippen molar-refractivity contribution >= 4 is 17.4 Å². The number of imidazole rings is 1. The van der Waals surface area contributed by atoms with Crippen LogP contribution in [0.3, 0.4) is 0 Å². The second-order valence-corrected chi connectivity index (χ2v) is 6.33. The van der Waals surface area contributed by atoms with Gasteiger partial charge in [0.1, 0.15) is 17.3 Å². The molecule has 26 heavy (non-hydrogen) atoms. The zero-order valence-corrected chi connectivity index (χ0v) is 14.6. The molecule has 0 bridgehead atoms. The Kier molecular flexibility index (Phi) is 4.43. The fraction of sp³-hybridized carbons (Fsp3) is 0.316. The monoisotopic (exact) mass is 351 g/mol. The molecule has 0 unspecified atom stereocenters. The van der Waals surface area contributed by atoms with E-state index in [9.17, 15) is 4.79 Å². The fourth-order valence-electron chi connectivity index (χ4n) is 2.93. The Labute approximate surface area is 151 Å². The number of fused-ring (bicyclic) bond motifs is 1. The summed E-state index contributed by atoms with van der Waals surface area (Å²) in [5, 5.41) is 6.37. The van der Waals surface area contributed by atoms with Crippen molar-refractivity contribution in [2.24, 2.45) is 0 Å². The first kappa shape index (κ1) is 16.4. The van der Waals surface area contributed by atoms with E-state index in [1.807, 2.05) is 34.9 Å². The number of hydrogen-bond acceptors (Lipinski definition) is 5. The maximum absolute atomic E-state index is 11.9. The molecule has 0 radical (unpaired) electrons. The number of nitrogens with one attached hydrogen (secondary N) is 2. The quantitative estimate of drug-likeness (QED) is 0.683. The summed E-state index contributed by atoms with van der Waals surface area (Å²) < 4.78 is 7.43. The highest BCUT2D eigenvalue weighted by atomic mass is 16.5. The summed E-state index contributed by atoms with van der Waals surface area (Å²) in [6.07, 6.45) is 7.89. The number of anilines is 1. The molecule has 0 aliphatic heterocycles. The topological polar surface area (TPSA) is 80.6 Å². The molecule has 1 amide bonds. The first-order valence-corrected chi connectivity index (χ1v) is 8.75. The summed E-state index contributed by atoms with van der Waals surface area (Å²) in [5.41, 5.74) is 2.40. The van der Waals surface area contributed by atoms with E-state index in [0.717, 1.165) is 41.3 Å². The van der Waals surface area contributed by atoms with Crippen LogP contribution in [-0.4, -0.2) is 40.0 Å². The Bertz CT molecular complexity index is 933. The third kappa shape index (κ3) is 3.33. The second-order valence-electron chi connectivity index (χ2n) is 6.33. The number of amides is 1. The predicted octanol–water partition coefficient (Wildman–Crippen LogP) is 2.49. The number of ether oxygens (including phenoxy) is 1. The Morgan fingerprint density at radius 3 is 3.00 bits per heavy atom. The zero-order chi connectivity index (χ0) is 17.9. The highest BCUT2D eigenvalue weighted by molar-refractivity contribution is 5.81. The molecule has 1 aromatic carbocycles. The van der Waals surface area contributed by atoms with Gasteiger partial charge in [0.25, 0.3) is 0 Å². The molecule has 0 atom stereocenters. The van der Waals surface area contributed by atoms with Crippen molar-refractivity contribution in [1.29, 1.82) is 0 Å². The summed E-state index contributed by atoms with van der Waals surface area (Å²) >= 11 is 0. The average Bonchev–Trinajstić information content (AvgIpc) is 3.41. The fourth-order valence-corrected chi connectivity index (χ4v) is 2.93. The van der Waals surface area contributed by atoms with Crippen molar-refractivity contribution in [3.63, 3.8) is 0 Å². The van der Waals surface area contributed by atoms with Gasteiger partial charge in [-0.3, -0.25) is 14.2 Å². The summed E-state index contributed by atoms with van der Waals surface area (Å²) in [6, 6.07) is 8.14. The molecule has 2 aromatic heterocycles. The molecule has 1 fully saturated rings. The van der Waals surface area contributed by atoms with Crippen LogP contribution in [0, 0.1) is 0 Å². The first-order valence-electron chi connectivity index (χ1n) is 8.75. The maximum Gasteiger partial charge on any atom is 0.221 e. The molecule has 2 N–H and O–H groups in total. The standard InChI is InChI=1S/C19H21N5O2/c1-26-15-5-3-2-4-14(15)18-19(24-11-10-20-12-16(24)23-18)21-9-8-17(25)22-13-6-7-13/h2-5,10-13,21H,6-9H2,1H3,(H,22,25). The van der Waals surface area contributed by atoms with Crippen LogP contribution in [0.25, 0.3) is 16.9 Å². The van der Waals surface area contributed by atoms with Gasteiger partial charge < -0.3 is 15.4 Å². The van der Waals surface area contributed by atoms with Gasteiger partial charge in [-0.1, -0.05) is 12.1 Å². The van der Waals surface area contributed by atoms with Crippen LogP contribution < -0.4 is 15.4 Å². The third-order valence-electron chi connectivity index (χ3n) is 4.38. The smallest absolute Gasteiger partial charge is 0.221 e. The lowest BCUT2D eigenvalue weighted by molar-refractivity contribution is -0.120. The molecular weight excluding hydrogens is 330 g/mol. The molecule has 3 aromatic rings. The molecule has 134 valence electrons. The maximum atomic E-state index is 11.9. The van der Waals surface area contributed by atoms with Gasteiger partial charge in [-0.15, -0.1) is 0 Å². The summed E-state index contributed by atoms with van der Waals surface area (Å²) in [4.78, 5) is 20.8. The van der Waals surface area contributed by atoms with E-state index in [0.29, 0.717) is 19.0 Å². The Hall–Kier alpha value is -3.09. The van der Waals surface area contributed by atoms with E-state index in [4.69, 9.17) is 9.72 Å². The lowest BCUT2D eigenvalue weighted by Crippen LogP contribution is -2.27. The van der Waals surface area contributed by atoms with E-state index in [2.05, 4.69) is 15.6 Å². The molecule has 4 rings (SSSR count). The van der Waals surface area contributed by atoms with E-state index in [1.54, 1.807) is 19.5 Å². The van der Waals surface area contributed by atoms with Gasteiger partial charge in [0.2, 0.25) is 5.91 Å². The normalized spacial score (nSPS) is 13.6. The first-order chi connectivity index (χ1) is 12.8. The average molecular weight is 351 g/mol. The number of benzene rings is 1. The summed E-state index contributed by atoms with van der Waals surface area (Å²) in [7, 11) is 1.64. The predicted molar refractivity (Wildman–Crippen MR) is 99.2 cm³/mol.